The standard InChI is InChI=1S/C27H24N4O4/c1-15(27(34)35)24-17-7-3-4-8-18(17)26(33)31(2)22-13-16(11-12-19(22)24)25(32)28-14-23-29-20-9-5-6-10-21(20)30-23/h3-13,15,24H,14H2,1-2H3,(H,28,32)(H,29,30)(H,34,35). The molecule has 0 radical (unpaired) electrons. The number of benzene rings is 3. The average Bonchev–Trinajstić information content (AvgIpc) is 3.26. The molecule has 0 bridgehead atoms. The molecule has 5 rings (SSSR count). The fourth-order valence-electron chi connectivity index (χ4n) is 4.70. The molecule has 35 heavy (non-hydrogen) atoms. The summed E-state index contributed by atoms with van der Waals surface area (Å²) in [5.41, 5.74) is 4.41. The van der Waals surface area contributed by atoms with E-state index in [0.29, 0.717) is 33.8 Å². The second-order valence-electron chi connectivity index (χ2n) is 8.71. The largest absolute Gasteiger partial charge is 0.481 e. The van der Waals surface area contributed by atoms with Crippen molar-refractivity contribution < 1.29 is 19.5 Å². The van der Waals surface area contributed by atoms with Crippen LogP contribution in [0.1, 0.15) is 50.5 Å². The SMILES string of the molecule is CC(C(=O)O)C1c2ccccc2C(=O)N(C)c2cc(C(=O)NCc3nc4ccccc4[nH]3)ccc21. The van der Waals surface area contributed by atoms with Crippen molar-refractivity contribution in [3.63, 3.8) is 0 Å². The van der Waals surface area contributed by atoms with Crippen molar-refractivity contribution in [3.8, 4) is 0 Å². The lowest BCUT2D eigenvalue weighted by atomic mass is 9.79. The maximum atomic E-state index is 13.3. The van der Waals surface area contributed by atoms with E-state index >= 15 is 0 Å². The van der Waals surface area contributed by atoms with Crippen molar-refractivity contribution >= 4 is 34.5 Å². The van der Waals surface area contributed by atoms with E-state index in [2.05, 4.69) is 15.3 Å². The van der Waals surface area contributed by atoms with Crippen molar-refractivity contribution in [1.29, 1.82) is 0 Å². The van der Waals surface area contributed by atoms with E-state index in [9.17, 15) is 19.5 Å². The summed E-state index contributed by atoms with van der Waals surface area (Å²) in [7, 11) is 1.64. The minimum Gasteiger partial charge on any atom is -0.481 e. The first kappa shape index (κ1) is 22.3. The highest BCUT2D eigenvalue weighted by atomic mass is 16.4. The molecule has 2 heterocycles. The van der Waals surface area contributed by atoms with Crippen LogP contribution in [0.25, 0.3) is 11.0 Å². The average molecular weight is 469 g/mol. The molecule has 0 spiro atoms. The topological polar surface area (TPSA) is 115 Å². The summed E-state index contributed by atoms with van der Waals surface area (Å²) < 4.78 is 0. The highest BCUT2D eigenvalue weighted by Gasteiger charge is 2.36. The summed E-state index contributed by atoms with van der Waals surface area (Å²) in [5.74, 6) is -2.21. The number of nitrogens with one attached hydrogen (secondary N) is 2. The van der Waals surface area contributed by atoms with Gasteiger partial charge >= 0.3 is 5.97 Å². The Hall–Kier alpha value is -4.46. The number of para-hydroxylation sites is 2. The first-order valence-corrected chi connectivity index (χ1v) is 11.3. The molecule has 2 amide bonds. The number of hydrogen-bond donors (Lipinski definition) is 3. The van der Waals surface area contributed by atoms with E-state index in [1.807, 2.05) is 24.3 Å². The lowest BCUT2D eigenvalue weighted by Crippen LogP contribution is -2.27. The van der Waals surface area contributed by atoms with Gasteiger partial charge in [-0.2, -0.15) is 0 Å². The summed E-state index contributed by atoms with van der Waals surface area (Å²) in [6.45, 7) is 1.85. The zero-order valence-electron chi connectivity index (χ0n) is 19.3. The van der Waals surface area contributed by atoms with Gasteiger partial charge in [-0.15, -0.1) is 0 Å². The summed E-state index contributed by atoms with van der Waals surface area (Å²) in [6.07, 6.45) is 0. The first-order valence-electron chi connectivity index (χ1n) is 11.3. The van der Waals surface area contributed by atoms with Crippen LogP contribution in [0.15, 0.2) is 66.7 Å². The minimum atomic E-state index is -0.958. The number of carbonyl (C=O) groups is 3. The van der Waals surface area contributed by atoms with E-state index in [4.69, 9.17) is 0 Å². The van der Waals surface area contributed by atoms with Gasteiger partial charge in [0.05, 0.1) is 23.5 Å². The zero-order valence-corrected chi connectivity index (χ0v) is 19.3. The molecular formula is C27H24N4O4. The monoisotopic (exact) mass is 468 g/mol. The fraction of sp³-hybridized carbons (Fsp3) is 0.185. The zero-order chi connectivity index (χ0) is 24.7. The van der Waals surface area contributed by atoms with Crippen molar-refractivity contribution in [1.82, 2.24) is 15.3 Å². The van der Waals surface area contributed by atoms with Crippen LogP contribution in [-0.4, -0.2) is 39.9 Å². The van der Waals surface area contributed by atoms with Crippen molar-refractivity contribution in [2.75, 3.05) is 11.9 Å². The number of aromatic amines is 1. The van der Waals surface area contributed by atoms with Crippen LogP contribution in [0.5, 0.6) is 0 Å². The summed E-state index contributed by atoms with van der Waals surface area (Å²) >= 11 is 0. The highest BCUT2D eigenvalue weighted by molar-refractivity contribution is 6.09. The Morgan fingerprint density at radius 3 is 2.60 bits per heavy atom. The molecule has 0 saturated heterocycles. The maximum absolute atomic E-state index is 13.3. The number of rotatable bonds is 5. The van der Waals surface area contributed by atoms with Gasteiger partial charge in [-0.05, 0) is 41.5 Å². The Bertz CT molecular complexity index is 1440. The number of imidazole rings is 1. The Morgan fingerprint density at radius 2 is 1.83 bits per heavy atom. The third-order valence-electron chi connectivity index (χ3n) is 6.56. The number of hydrogen-bond acceptors (Lipinski definition) is 4. The van der Waals surface area contributed by atoms with Crippen LogP contribution in [0, 0.1) is 5.92 Å². The van der Waals surface area contributed by atoms with Gasteiger partial charge in [-0.25, -0.2) is 4.98 Å². The number of carbonyl (C=O) groups excluding carboxylic acids is 2. The van der Waals surface area contributed by atoms with Gasteiger partial charge in [0.25, 0.3) is 11.8 Å². The van der Waals surface area contributed by atoms with Gasteiger partial charge in [-0.1, -0.05) is 43.3 Å². The maximum Gasteiger partial charge on any atom is 0.307 e. The van der Waals surface area contributed by atoms with E-state index < -0.39 is 17.8 Å². The number of amides is 2. The van der Waals surface area contributed by atoms with Gasteiger partial charge in [0, 0.05) is 29.8 Å². The molecule has 0 fully saturated rings. The molecule has 1 aliphatic rings. The second kappa shape index (κ2) is 8.72. The number of aromatic nitrogens is 2. The molecule has 1 aromatic heterocycles. The van der Waals surface area contributed by atoms with Crippen LogP contribution in [0.2, 0.25) is 0 Å². The lowest BCUT2D eigenvalue weighted by molar-refractivity contribution is -0.141. The number of H-pyrrole nitrogens is 1. The Labute approximate surface area is 201 Å². The molecule has 1 aliphatic heterocycles. The van der Waals surface area contributed by atoms with Crippen LogP contribution in [-0.2, 0) is 11.3 Å². The molecule has 2 unspecified atom stereocenters. The molecule has 2 atom stereocenters. The molecule has 3 N–H and O–H groups in total. The molecule has 4 aromatic rings. The number of aliphatic carboxylic acids is 1. The van der Waals surface area contributed by atoms with Crippen LogP contribution < -0.4 is 10.2 Å². The van der Waals surface area contributed by atoms with Crippen LogP contribution in [0.4, 0.5) is 5.69 Å². The van der Waals surface area contributed by atoms with Crippen LogP contribution in [0.3, 0.4) is 0 Å². The van der Waals surface area contributed by atoms with Crippen molar-refractivity contribution in [2.45, 2.75) is 19.4 Å². The Kier molecular flexibility index (Phi) is 5.56. The van der Waals surface area contributed by atoms with Gasteiger partial charge in [0.2, 0.25) is 0 Å². The molecule has 0 saturated carbocycles. The summed E-state index contributed by atoms with van der Waals surface area (Å²) in [4.78, 5) is 47.4. The smallest absolute Gasteiger partial charge is 0.307 e. The van der Waals surface area contributed by atoms with Gasteiger partial charge in [0.1, 0.15) is 5.82 Å². The van der Waals surface area contributed by atoms with E-state index in [1.165, 1.54) is 4.90 Å². The number of carboxylic acids is 1. The van der Waals surface area contributed by atoms with Gasteiger partial charge < -0.3 is 20.3 Å². The van der Waals surface area contributed by atoms with E-state index in [0.717, 1.165) is 11.0 Å². The minimum absolute atomic E-state index is 0.212. The molecule has 8 nitrogen and oxygen atoms in total. The predicted molar refractivity (Wildman–Crippen MR) is 132 cm³/mol. The molecule has 3 aromatic carbocycles. The summed E-state index contributed by atoms with van der Waals surface area (Å²) in [6, 6.07) is 19.8. The molecule has 176 valence electrons. The number of nitrogens with zero attached hydrogens (tertiary/aromatic N) is 2. The fourth-order valence-corrected chi connectivity index (χ4v) is 4.70. The van der Waals surface area contributed by atoms with E-state index in [1.54, 1.807) is 56.4 Å². The van der Waals surface area contributed by atoms with Gasteiger partial charge in [0.15, 0.2) is 0 Å². The predicted octanol–water partition coefficient (Wildman–Crippen LogP) is 3.94. The Balaban J connectivity index is 1.48. The highest BCUT2D eigenvalue weighted by Crippen LogP contribution is 2.42. The number of carboxylic acid groups (broad SMARTS) is 1. The Morgan fingerprint density at radius 1 is 1.09 bits per heavy atom. The number of fused-ring (bicyclic) bond motifs is 3. The summed E-state index contributed by atoms with van der Waals surface area (Å²) in [5, 5.41) is 12.7. The number of anilines is 1. The third-order valence-corrected chi connectivity index (χ3v) is 6.56. The van der Waals surface area contributed by atoms with Crippen molar-refractivity contribution in [3.05, 3.63) is 94.8 Å². The lowest BCUT2D eigenvalue weighted by Gasteiger charge is -2.24. The third kappa shape index (κ3) is 3.93. The van der Waals surface area contributed by atoms with E-state index in [-0.39, 0.29) is 18.4 Å². The second-order valence-corrected chi connectivity index (χ2v) is 8.71. The quantitative estimate of drug-likeness (QED) is 0.410. The van der Waals surface area contributed by atoms with Crippen molar-refractivity contribution in [2.24, 2.45) is 5.92 Å². The van der Waals surface area contributed by atoms with Gasteiger partial charge in [-0.3, -0.25) is 14.4 Å². The first-order chi connectivity index (χ1) is 16.8. The molecule has 0 aliphatic carbocycles. The molecular weight excluding hydrogens is 444 g/mol. The normalized spacial score (nSPS) is 15.8. The van der Waals surface area contributed by atoms with Crippen LogP contribution >= 0.6 is 0 Å². The molecule has 8 heteroatoms.